The van der Waals surface area contributed by atoms with Crippen molar-refractivity contribution in [3.63, 3.8) is 0 Å². The normalized spacial score (nSPS) is 16.3. The van der Waals surface area contributed by atoms with E-state index in [4.69, 9.17) is 9.47 Å². The highest BCUT2D eigenvalue weighted by Crippen LogP contribution is 2.05. The molecule has 6 nitrogen and oxygen atoms in total. The molecular weight excluding hydrogens is 236 g/mol. The number of hydrogen-bond acceptors (Lipinski definition) is 5. The number of esters is 1. The summed E-state index contributed by atoms with van der Waals surface area (Å²) in [5.74, 6) is -0.277. The van der Waals surface area contributed by atoms with E-state index in [1.807, 2.05) is 0 Å². The highest BCUT2D eigenvalue weighted by molar-refractivity contribution is 5.78. The maximum absolute atomic E-state index is 11.6. The van der Waals surface area contributed by atoms with Crippen LogP contribution in [0.3, 0.4) is 0 Å². The first kappa shape index (κ1) is 14.9. The van der Waals surface area contributed by atoms with Crippen LogP contribution in [0.1, 0.15) is 26.2 Å². The molecule has 0 aromatic carbocycles. The van der Waals surface area contributed by atoms with Gasteiger partial charge in [0.25, 0.3) is 0 Å². The summed E-state index contributed by atoms with van der Waals surface area (Å²) in [5, 5.41) is 5.85. The van der Waals surface area contributed by atoms with Crippen molar-refractivity contribution in [3.8, 4) is 0 Å². The second-order valence-corrected chi connectivity index (χ2v) is 4.19. The van der Waals surface area contributed by atoms with E-state index in [0.29, 0.717) is 32.8 Å². The minimum atomic E-state index is -0.241. The predicted octanol–water partition coefficient (Wildman–Crippen LogP) is -0.176. The number of ether oxygens (including phenoxy) is 2. The fourth-order valence-corrected chi connectivity index (χ4v) is 1.75. The van der Waals surface area contributed by atoms with Gasteiger partial charge in [0.15, 0.2) is 0 Å². The molecule has 0 unspecified atom stereocenters. The quantitative estimate of drug-likeness (QED) is 0.489. The molecule has 6 heteroatoms. The molecule has 0 aromatic rings. The summed E-state index contributed by atoms with van der Waals surface area (Å²) >= 11 is 0. The predicted molar refractivity (Wildman–Crippen MR) is 66.1 cm³/mol. The summed E-state index contributed by atoms with van der Waals surface area (Å²) < 4.78 is 9.99. The zero-order valence-electron chi connectivity index (χ0n) is 10.9. The molecule has 0 aliphatic carbocycles. The van der Waals surface area contributed by atoms with Gasteiger partial charge in [-0.1, -0.05) is 0 Å². The van der Waals surface area contributed by atoms with E-state index in [2.05, 4.69) is 10.6 Å². The Morgan fingerprint density at radius 2 is 2.06 bits per heavy atom. The standard InChI is InChI=1S/C12H22N2O4/c1-2-18-12(16)3-6-13-9-11(15)14-10-4-7-17-8-5-10/h10,13H,2-9H2,1H3,(H,14,15). The third-order valence-electron chi connectivity index (χ3n) is 2.68. The number of amides is 1. The summed E-state index contributed by atoms with van der Waals surface area (Å²) in [5.41, 5.74) is 0. The fraction of sp³-hybridized carbons (Fsp3) is 0.833. The molecule has 0 atom stereocenters. The van der Waals surface area contributed by atoms with Crippen LogP contribution < -0.4 is 10.6 Å². The highest BCUT2D eigenvalue weighted by Gasteiger charge is 2.15. The van der Waals surface area contributed by atoms with Gasteiger partial charge in [-0.25, -0.2) is 0 Å². The van der Waals surface area contributed by atoms with Crippen LogP contribution in [0.2, 0.25) is 0 Å². The Hall–Kier alpha value is -1.14. The minimum absolute atomic E-state index is 0.0363. The third kappa shape index (κ3) is 6.56. The van der Waals surface area contributed by atoms with Gasteiger partial charge >= 0.3 is 5.97 Å². The molecule has 0 spiro atoms. The van der Waals surface area contributed by atoms with Gasteiger partial charge in [-0.3, -0.25) is 9.59 Å². The van der Waals surface area contributed by atoms with Crippen molar-refractivity contribution in [2.24, 2.45) is 0 Å². The zero-order chi connectivity index (χ0) is 13.2. The minimum Gasteiger partial charge on any atom is -0.466 e. The molecule has 1 rings (SSSR count). The molecule has 1 aliphatic rings. The number of rotatable bonds is 7. The summed E-state index contributed by atoms with van der Waals surface area (Å²) in [7, 11) is 0. The fourth-order valence-electron chi connectivity index (χ4n) is 1.75. The van der Waals surface area contributed by atoms with Gasteiger partial charge in [0.2, 0.25) is 5.91 Å². The molecule has 1 amide bonds. The van der Waals surface area contributed by atoms with Gasteiger partial charge in [0.1, 0.15) is 0 Å². The number of hydrogen-bond donors (Lipinski definition) is 2. The summed E-state index contributed by atoms with van der Waals surface area (Å²) in [6.45, 7) is 4.27. The average molecular weight is 258 g/mol. The average Bonchev–Trinajstić information content (AvgIpc) is 2.36. The Labute approximate surface area is 107 Å². The van der Waals surface area contributed by atoms with Gasteiger partial charge in [-0.15, -0.1) is 0 Å². The Morgan fingerprint density at radius 3 is 2.72 bits per heavy atom. The molecule has 0 aromatic heterocycles. The second-order valence-electron chi connectivity index (χ2n) is 4.19. The topological polar surface area (TPSA) is 76.7 Å². The van der Waals surface area contributed by atoms with Crippen LogP contribution in [-0.2, 0) is 19.1 Å². The molecule has 104 valence electrons. The molecule has 2 N–H and O–H groups in total. The third-order valence-corrected chi connectivity index (χ3v) is 2.68. The van der Waals surface area contributed by atoms with Crippen molar-refractivity contribution in [1.29, 1.82) is 0 Å². The molecule has 1 saturated heterocycles. The first-order valence-corrected chi connectivity index (χ1v) is 6.45. The van der Waals surface area contributed by atoms with E-state index in [-0.39, 0.29) is 24.5 Å². The summed E-state index contributed by atoms with van der Waals surface area (Å²) in [4.78, 5) is 22.6. The monoisotopic (exact) mass is 258 g/mol. The van der Waals surface area contributed by atoms with Crippen LogP contribution in [0.5, 0.6) is 0 Å². The van der Waals surface area contributed by atoms with Crippen molar-refractivity contribution >= 4 is 11.9 Å². The van der Waals surface area contributed by atoms with Crippen molar-refractivity contribution in [3.05, 3.63) is 0 Å². The van der Waals surface area contributed by atoms with Crippen LogP contribution in [0.25, 0.3) is 0 Å². The Morgan fingerprint density at radius 1 is 1.33 bits per heavy atom. The molecule has 1 heterocycles. The first-order valence-electron chi connectivity index (χ1n) is 6.45. The lowest BCUT2D eigenvalue weighted by molar-refractivity contribution is -0.143. The largest absolute Gasteiger partial charge is 0.466 e. The number of nitrogens with one attached hydrogen (secondary N) is 2. The van der Waals surface area contributed by atoms with E-state index < -0.39 is 0 Å². The van der Waals surface area contributed by atoms with Gasteiger partial charge in [-0.05, 0) is 19.8 Å². The second kappa shape index (κ2) is 8.88. The molecule has 0 saturated carbocycles. The molecule has 0 bridgehead atoms. The van der Waals surface area contributed by atoms with Crippen LogP contribution >= 0.6 is 0 Å². The van der Waals surface area contributed by atoms with E-state index in [0.717, 1.165) is 12.8 Å². The zero-order valence-corrected chi connectivity index (χ0v) is 10.9. The molecular formula is C12H22N2O4. The Balaban J connectivity index is 2.01. The van der Waals surface area contributed by atoms with Crippen molar-refractivity contribution in [1.82, 2.24) is 10.6 Å². The number of carbonyl (C=O) groups excluding carboxylic acids is 2. The van der Waals surface area contributed by atoms with Gasteiger partial charge < -0.3 is 20.1 Å². The summed E-state index contributed by atoms with van der Waals surface area (Å²) in [6.07, 6.45) is 2.03. The SMILES string of the molecule is CCOC(=O)CCNCC(=O)NC1CCOCC1. The number of carbonyl (C=O) groups is 2. The molecule has 0 radical (unpaired) electrons. The highest BCUT2D eigenvalue weighted by atomic mass is 16.5. The summed E-state index contributed by atoms with van der Waals surface area (Å²) in [6, 6.07) is 0.220. The molecule has 1 aliphatic heterocycles. The lowest BCUT2D eigenvalue weighted by atomic mass is 10.1. The Bertz CT molecular complexity index is 265. The van der Waals surface area contributed by atoms with Crippen molar-refractivity contribution < 1.29 is 19.1 Å². The van der Waals surface area contributed by atoms with Gasteiger partial charge in [0.05, 0.1) is 19.6 Å². The smallest absolute Gasteiger partial charge is 0.307 e. The maximum Gasteiger partial charge on any atom is 0.307 e. The van der Waals surface area contributed by atoms with E-state index >= 15 is 0 Å². The Kier molecular flexibility index (Phi) is 7.36. The lowest BCUT2D eigenvalue weighted by Gasteiger charge is -2.23. The van der Waals surface area contributed by atoms with Crippen molar-refractivity contribution in [2.75, 3.05) is 32.9 Å². The van der Waals surface area contributed by atoms with Gasteiger partial charge in [0, 0.05) is 25.8 Å². The van der Waals surface area contributed by atoms with Gasteiger partial charge in [-0.2, -0.15) is 0 Å². The van der Waals surface area contributed by atoms with Crippen LogP contribution in [-0.4, -0.2) is 50.8 Å². The molecule has 18 heavy (non-hydrogen) atoms. The van der Waals surface area contributed by atoms with E-state index in [9.17, 15) is 9.59 Å². The lowest BCUT2D eigenvalue weighted by Crippen LogP contribution is -2.43. The first-order chi connectivity index (χ1) is 8.72. The molecule has 1 fully saturated rings. The van der Waals surface area contributed by atoms with Crippen LogP contribution in [0.4, 0.5) is 0 Å². The van der Waals surface area contributed by atoms with E-state index in [1.165, 1.54) is 0 Å². The maximum atomic E-state index is 11.6. The van der Waals surface area contributed by atoms with E-state index in [1.54, 1.807) is 6.92 Å². The van der Waals surface area contributed by atoms with Crippen LogP contribution in [0.15, 0.2) is 0 Å². The van der Waals surface area contributed by atoms with Crippen molar-refractivity contribution in [2.45, 2.75) is 32.2 Å². The van der Waals surface area contributed by atoms with Crippen LogP contribution in [0, 0.1) is 0 Å².